The molecule has 4 nitrogen and oxygen atoms in total. The van der Waals surface area contributed by atoms with E-state index in [0.29, 0.717) is 0 Å². The number of nitrogen functional groups attached to an aromatic ring is 1. The number of hydrogen-bond donors (Lipinski definition) is 1. The normalized spacial score (nSPS) is 10.4. The lowest BCUT2D eigenvalue weighted by molar-refractivity contribution is 0.775. The third-order valence-electron chi connectivity index (χ3n) is 2.16. The average Bonchev–Trinajstić information content (AvgIpc) is 2.52. The van der Waals surface area contributed by atoms with Crippen LogP contribution in [0, 0.1) is 6.92 Å². The molecule has 1 heterocycles. The van der Waals surface area contributed by atoms with Crippen molar-refractivity contribution in [1.29, 1.82) is 0 Å². The molecule has 14 heavy (non-hydrogen) atoms. The van der Waals surface area contributed by atoms with Crippen molar-refractivity contribution in [1.82, 2.24) is 14.8 Å². The van der Waals surface area contributed by atoms with Gasteiger partial charge in [-0.2, -0.15) is 5.10 Å². The average molecular weight is 188 g/mol. The van der Waals surface area contributed by atoms with Crippen molar-refractivity contribution in [2.45, 2.75) is 6.92 Å². The fourth-order valence-electron chi connectivity index (χ4n) is 1.43. The molecule has 0 aliphatic rings. The Kier molecular flexibility index (Phi) is 1.96. The van der Waals surface area contributed by atoms with Gasteiger partial charge in [0.05, 0.1) is 0 Å². The molecule has 72 valence electrons. The number of aryl methyl sites for hydroxylation is 2. The molecule has 0 amide bonds. The van der Waals surface area contributed by atoms with Gasteiger partial charge in [-0.1, -0.05) is 6.07 Å². The van der Waals surface area contributed by atoms with Gasteiger partial charge in [0.25, 0.3) is 0 Å². The Morgan fingerprint density at radius 1 is 1.36 bits per heavy atom. The van der Waals surface area contributed by atoms with Gasteiger partial charge in [0.1, 0.15) is 6.33 Å². The van der Waals surface area contributed by atoms with Gasteiger partial charge in [-0.15, -0.1) is 0 Å². The highest BCUT2D eigenvalue weighted by Gasteiger charge is 2.07. The van der Waals surface area contributed by atoms with Crippen LogP contribution in [0.15, 0.2) is 24.5 Å². The van der Waals surface area contributed by atoms with Crippen LogP contribution in [0.2, 0.25) is 0 Å². The summed E-state index contributed by atoms with van der Waals surface area (Å²) < 4.78 is 1.71. The Balaban J connectivity index is 2.58. The zero-order chi connectivity index (χ0) is 10.1. The van der Waals surface area contributed by atoms with Crippen LogP contribution in [0.4, 0.5) is 5.69 Å². The van der Waals surface area contributed by atoms with Crippen molar-refractivity contribution in [2.75, 3.05) is 5.73 Å². The molecule has 2 aromatic rings. The van der Waals surface area contributed by atoms with E-state index < -0.39 is 0 Å². The lowest BCUT2D eigenvalue weighted by atomic mass is 10.1. The fraction of sp³-hybridized carbons (Fsp3) is 0.200. The predicted molar refractivity (Wildman–Crippen MR) is 55.6 cm³/mol. The summed E-state index contributed by atoms with van der Waals surface area (Å²) in [5, 5.41) is 4.01. The van der Waals surface area contributed by atoms with Crippen molar-refractivity contribution in [3.05, 3.63) is 30.1 Å². The molecule has 0 radical (unpaired) electrons. The topological polar surface area (TPSA) is 56.7 Å². The molecular weight excluding hydrogens is 176 g/mol. The van der Waals surface area contributed by atoms with Gasteiger partial charge in [0.15, 0.2) is 5.82 Å². The number of anilines is 1. The second-order valence-corrected chi connectivity index (χ2v) is 3.30. The SMILES string of the molecule is Cc1ccc(-c2ncnn2C)c(N)c1. The molecular formula is C10H12N4. The Morgan fingerprint density at radius 3 is 2.71 bits per heavy atom. The van der Waals surface area contributed by atoms with Crippen molar-refractivity contribution in [3.8, 4) is 11.4 Å². The quantitative estimate of drug-likeness (QED) is 0.688. The van der Waals surface area contributed by atoms with Gasteiger partial charge < -0.3 is 5.73 Å². The largest absolute Gasteiger partial charge is 0.398 e. The van der Waals surface area contributed by atoms with E-state index in [9.17, 15) is 0 Å². The van der Waals surface area contributed by atoms with Crippen LogP contribution >= 0.6 is 0 Å². The maximum atomic E-state index is 5.90. The van der Waals surface area contributed by atoms with Gasteiger partial charge >= 0.3 is 0 Å². The van der Waals surface area contributed by atoms with E-state index in [4.69, 9.17) is 5.73 Å². The standard InChI is InChI=1S/C10H12N4/c1-7-3-4-8(9(11)5-7)10-12-6-13-14(10)2/h3-6H,11H2,1-2H3. The first kappa shape index (κ1) is 8.74. The van der Waals surface area contributed by atoms with Crippen molar-refractivity contribution < 1.29 is 0 Å². The minimum Gasteiger partial charge on any atom is -0.398 e. The monoisotopic (exact) mass is 188 g/mol. The molecule has 0 bridgehead atoms. The van der Waals surface area contributed by atoms with E-state index >= 15 is 0 Å². The van der Waals surface area contributed by atoms with E-state index in [1.165, 1.54) is 6.33 Å². The molecule has 0 aliphatic heterocycles. The molecule has 1 aromatic heterocycles. The van der Waals surface area contributed by atoms with E-state index in [0.717, 1.165) is 22.6 Å². The number of rotatable bonds is 1. The van der Waals surface area contributed by atoms with Crippen LogP contribution < -0.4 is 5.73 Å². The van der Waals surface area contributed by atoms with E-state index in [1.807, 2.05) is 32.2 Å². The highest BCUT2D eigenvalue weighted by molar-refractivity contribution is 5.72. The number of aromatic nitrogens is 3. The lowest BCUT2D eigenvalue weighted by Gasteiger charge is -2.05. The molecule has 0 spiro atoms. The molecule has 0 saturated heterocycles. The smallest absolute Gasteiger partial charge is 0.159 e. The molecule has 4 heteroatoms. The van der Waals surface area contributed by atoms with Crippen LogP contribution in [-0.4, -0.2) is 14.8 Å². The van der Waals surface area contributed by atoms with Crippen LogP contribution in [0.25, 0.3) is 11.4 Å². The van der Waals surface area contributed by atoms with Crippen molar-refractivity contribution >= 4 is 5.69 Å². The predicted octanol–water partition coefficient (Wildman–Crippen LogP) is 1.37. The van der Waals surface area contributed by atoms with Crippen molar-refractivity contribution in [2.24, 2.45) is 7.05 Å². The van der Waals surface area contributed by atoms with Crippen LogP contribution in [0.1, 0.15) is 5.56 Å². The van der Waals surface area contributed by atoms with Crippen LogP contribution in [0.5, 0.6) is 0 Å². The van der Waals surface area contributed by atoms with Gasteiger partial charge in [-0.3, -0.25) is 0 Å². The molecule has 2 rings (SSSR count). The number of nitrogens with zero attached hydrogens (tertiary/aromatic N) is 3. The van der Waals surface area contributed by atoms with Gasteiger partial charge in [-0.05, 0) is 24.6 Å². The lowest BCUT2D eigenvalue weighted by Crippen LogP contribution is -1.98. The van der Waals surface area contributed by atoms with Gasteiger partial charge in [-0.25, -0.2) is 9.67 Å². The summed E-state index contributed by atoms with van der Waals surface area (Å²) >= 11 is 0. The first-order valence-electron chi connectivity index (χ1n) is 4.39. The summed E-state index contributed by atoms with van der Waals surface area (Å²) in [5.41, 5.74) is 8.71. The zero-order valence-electron chi connectivity index (χ0n) is 8.23. The third-order valence-corrected chi connectivity index (χ3v) is 2.16. The molecule has 0 aliphatic carbocycles. The molecule has 0 saturated carbocycles. The first-order chi connectivity index (χ1) is 6.68. The van der Waals surface area contributed by atoms with Crippen molar-refractivity contribution in [3.63, 3.8) is 0 Å². The number of benzene rings is 1. The number of nitrogens with two attached hydrogens (primary N) is 1. The Morgan fingerprint density at radius 2 is 2.14 bits per heavy atom. The highest BCUT2D eigenvalue weighted by Crippen LogP contribution is 2.23. The highest BCUT2D eigenvalue weighted by atomic mass is 15.3. The molecule has 2 N–H and O–H groups in total. The minimum absolute atomic E-state index is 0.737. The van der Waals surface area contributed by atoms with Crippen LogP contribution in [0.3, 0.4) is 0 Å². The van der Waals surface area contributed by atoms with Gasteiger partial charge in [0, 0.05) is 18.3 Å². The summed E-state index contributed by atoms with van der Waals surface area (Å²) in [5.74, 6) is 0.794. The Hall–Kier alpha value is -1.84. The minimum atomic E-state index is 0.737. The Bertz CT molecular complexity index is 459. The molecule has 0 atom stereocenters. The second-order valence-electron chi connectivity index (χ2n) is 3.30. The maximum Gasteiger partial charge on any atom is 0.159 e. The summed E-state index contributed by atoms with van der Waals surface area (Å²) in [6.45, 7) is 2.01. The molecule has 0 fully saturated rings. The maximum absolute atomic E-state index is 5.90. The summed E-state index contributed by atoms with van der Waals surface area (Å²) in [6.07, 6.45) is 1.52. The van der Waals surface area contributed by atoms with E-state index in [-0.39, 0.29) is 0 Å². The fourth-order valence-corrected chi connectivity index (χ4v) is 1.43. The van der Waals surface area contributed by atoms with Crippen LogP contribution in [-0.2, 0) is 7.05 Å². The molecule has 0 unspecified atom stereocenters. The molecule has 1 aromatic carbocycles. The number of hydrogen-bond acceptors (Lipinski definition) is 3. The summed E-state index contributed by atoms with van der Waals surface area (Å²) in [7, 11) is 1.85. The zero-order valence-corrected chi connectivity index (χ0v) is 8.23. The van der Waals surface area contributed by atoms with E-state index in [2.05, 4.69) is 10.1 Å². The summed E-state index contributed by atoms with van der Waals surface area (Å²) in [4.78, 5) is 4.15. The Labute approximate surface area is 82.4 Å². The van der Waals surface area contributed by atoms with Gasteiger partial charge in [0.2, 0.25) is 0 Å². The third kappa shape index (κ3) is 1.35. The first-order valence-corrected chi connectivity index (χ1v) is 4.39. The second kappa shape index (κ2) is 3.14. The summed E-state index contributed by atoms with van der Waals surface area (Å²) in [6, 6.07) is 5.92. The van der Waals surface area contributed by atoms with E-state index in [1.54, 1.807) is 4.68 Å².